The second kappa shape index (κ2) is 19.0. The summed E-state index contributed by atoms with van der Waals surface area (Å²) in [5.41, 5.74) is 20.6. The Labute approximate surface area is 486 Å². The topological polar surface area (TPSA) is 43.8 Å². The van der Waals surface area contributed by atoms with E-state index in [1.165, 1.54) is 71.9 Å². The zero-order valence-electron chi connectivity index (χ0n) is 46.6. The van der Waals surface area contributed by atoms with Gasteiger partial charge >= 0.3 is 0 Å². The van der Waals surface area contributed by atoms with E-state index in [1.807, 2.05) is 0 Å². The summed E-state index contributed by atoms with van der Waals surface area (Å²) < 4.78 is 7.20. The average Bonchev–Trinajstić information content (AvgIpc) is 2.36. The molecule has 3 unspecified atom stereocenters. The largest absolute Gasteiger partial charge is 0.333 e. The molecule has 0 saturated heterocycles. The Morgan fingerprint density at radius 2 is 1.11 bits per heavy atom. The zero-order chi connectivity index (χ0) is 55.6. The number of aryl methyl sites for hydroxylation is 1. The predicted octanol–water partition coefficient (Wildman–Crippen LogP) is 20.1. The van der Waals surface area contributed by atoms with Crippen molar-refractivity contribution in [2.75, 3.05) is 4.90 Å². The lowest BCUT2D eigenvalue weighted by Gasteiger charge is -2.29. The molecule has 2 aliphatic carbocycles. The van der Waals surface area contributed by atoms with E-state index < -0.39 is 0 Å². The SMILES string of the molecule is C/C=C\c1c(C)c2cc(-c3ccc4c(c3)N(c3cccc(-c5nc(-n6c7ccccc7c7ccc(-c8ccc9c(c8)c8ccccc8n9C8C=CC=CC8)cc76)nc6c5ccc5ccccc56)c3)C3C=CC=CC43)ccc2n1-c1ccccc1. The van der Waals surface area contributed by atoms with Crippen LogP contribution in [0.15, 0.2) is 267 Å². The van der Waals surface area contributed by atoms with Crippen molar-refractivity contribution < 1.29 is 0 Å². The van der Waals surface area contributed by atoms with Gasteiger partial charge < -0.3 is 14.0 Å². The molecule has 6 nitrogen and oxygen atoms in total. The fourth-order valence-corrected chi connectivity index (χ4v) is 14.3. The summed E-state index contributed by atoms with van der Waals surface area (Å²) in [5, 5.41) is 9.34. The number of hydrogen-bond donors (Lipinski definition) is 0. The van der Waals surface area contributed by atoms with Gasteiger partial charge in [-0.15, -0.1) is 0 Å². The molecule has 3 atom stereocenters. The Morgan fingerprint density at radius 1 is 0.452 bits per heavy atom. The maximum absolute atomic E-state index is 5.75. The summed E-state index contributed by atoms with van der Waals surface area (Å²) in [5.74, 6) is 0.837. The van der Waals surface area contributed by atoms with Crippen molar-refractivity contribution in [2.45, 2.75) is 38.3 Å². The van der Waals surface area contributed by atoms with Gasteiger partial charge in [0.25, 0.3) is 0 Å². The predicted molar refractivity (Wildman–Crippen MR) is 352 cm³/mol. The molecule has 0 N–H and O–H groups in total. The highest BCUT2D eigenvalue weighted by molar-refractivity contribution is 6.13. The standard InChI is InChI=1S/C78H56N6/c1-3-19-68-49(2)66-45-51(37-42-72(66)81(68)56-22-6-4-7-23-56)53-35-39-63-60-28-12-15-31-69(60)83(74(63)47-53)58-26-18-21-55(44-58)76-65-41-34-50-20-10-11-27-59(50)77(65)80-78(79-76)84-71-33-17-13-29-61(71)64-40-36-54(48-75(64)84)52-38-43-73-67(46-52)62-30-14-16-32-70(62)82(73)57-24-8-5-9-25-57/h3-24,26-48,57,60,69H,25H2,1-2H3/b19-3-. The van der Waals surface area contributed by atoms with Crippen LogP contribution in [-0.4, -0.2) is 29.7 Å². The fourth-order valence-electron chi connectivity index (χ4n) is 14.3. The first-order chi connectivity index (χ1) is 41.5. The van der Waals surface area contributed by atoms with Gasteiger partial charge in [0.1, 0.15) is 0 Å². The first-order valence-corrected chi connectivity index (χ1v) is 29.4. The van der Waals surface area contributed by atoms with Crippen LogP contribution in [0.25, 0.3) is 127 Å². The van der Waals surface area contributed by atoms with E-state index in [2.05, 4.69) is 306 Å². The number of aromatic nitrogens is 5. The molecule has 0 spiro atoms. The van der Waals surface area contributed by atoms with Gasteiger partial charge in [0.05, 0.1) is 39.8 Å². The minimum atomic E-state index is 0.0998. The summed E-state index contributed by atoms with van der Waals surface area (Å²) in [6.07, 6.45) is 23.4. The molecule has 17 rings (SSSR count). The Hall–Kier alpha value is -10.6. The van der Waals surface area contributed by atoms with Crippen LogP contribution in [0.1, 0.15) is 42.1 Å². The van der Waals surface area contributed by atoms with E-state index in [0.29, 0.717) is 5.95 Å². The highest BCUT2D eigenvalue weighted by atomic mass is 15.2. The van der Waals surface area contributed by atoms with Crippen LogP contribution in [0.4, 0.5) is 11.4 Å². The van der Waals surface area contributed by atoms with Gasteiger partial charge in [0.2, 0.25) is 5.95 Å². The van der Waals surface area contributed by atoms with Gasteiger partial charge in [0.15, 0.2) is 0 Å². The van der Waals surface area contributed by atoms with Gasteiger partial charge in [-0.3, -0.25) is 4.57 Å². The quantitative estimate of drug-likeness (QED) is 0.142. The molecule has 10 aromatic carbocycles. The molecule has 84 heavy (non-hydrogen) atoms. The molecule has 1 aliphatic heterocycles. The van der Waals surface area contributed by atoms with Crippen molar-refractivity contribution in [3.05, 3.63) is 284 Å². The van der Waals surface area contributed by atoms with Crippen LogP contribution in [0.5, 0.6) is 0 Å². The minimum absolute atomic E-state index is 0.0998. The minimum Gasteiger partial charge on any atom is -0.333 e. The lowest BCUT2D eigenvalue weighted by molar-refractivity contribution is 0.648. The number of fused-ring (bicyclic) bond motifs is 13. The molecular formula is C78H56N6. The number of hydrogen-bond acceptors (Lipinski definition) is 3. The third-order valence-corrected chi connectivity index (χ3v) is 18.2. The van der Waals surface area contributed by atoms with Crippen molar-refractivity contribution in [3.63, 3.8) is 0 Å². The highest BCUT2D eigenvalue weighted by Gasteiger charge is 2.38. The lowest BCUT2D eigenvalue weighted by atomic mass is 9.90. The van der Waals surface area contributed by atoms with Gasteiger partial charge in [-0.25, -0.2) is 9.97 Å². The van der Waals surface area contributed by atoms with Crippen LogP contribution in [0.2, 0.25) is 0 Å². The average molecular weight is 1080 g/mol. The van der Waals surface area contributed by atoms with Crippen LogP contribution in [0, 0.1) is 6.92 Å². The van der Waals surface area contributed by atoms with Crippen molar-refractivity contribution in [1.29, 1.82) is 0 Å². The maximum atomic E-state index is 5.75. The first kappa shape index (κ1) is 48.2. The summed E-state index contributed by atoms with van der Waals surface area (Å²) in [4.78, 5) is 13.9. The van der Waals surface area contributed by atoms with Crippen LogP contribution >= 0.6 is 0 Å². The molecule has 5 heterocycles. The normalized spacial score (nSPS) is 16.5. The summed E-state index contributed by atoms with van der Waals surface area (Å²) in [7, 11) is 0. The number of allylic oxidation sites excluding steroid dienone is 7. The highest BCUT2D eigenvalue weighted by Crippen LogP contribution is 2.50. The maximum Gasteiger partial charge on any atom is 0.235 e. The van der Waals surface area contributed by atoms with Gasteiger partial charge in [-0.2, -0.15) is 0 Å². The van der Waals surface area contributed by atoms with Gasteiger partial charge in [-0.05, 0) is 144 Å². The third-order valence-electron chi connectivity index (χ3n) is 18.2. The Bertz CT molecular complexity index is 5230. The van der Waals surface area contributed by atoms with Crippen LogP contribution in [-0.2, 0) is 0 Å². The Kier molecular flexibility index (Phi) is 10.9. The van der Waals surface area contributed by atoms with Crippen molar-refractivity contribution >= 4 is 93.6 Å². The summed E-state index contributed by atoms with van der Waals surface area (Å²) in [6.45, 7) is 4.35. The number of benzene rings is 10. The van der Waals surface area contributed by atoms with E-state index >= 15 is 0 Å². The van der Waals surface area contributed by atoms with E-state index in [4.69, 9.17) is 9.97 Å². The second-order valence-electron chi connectivity index (χ2n) is 22.8. The molecule has 0 amide bonds. The first-order valence-electron chi connectivity index (χ1n) is 29.4. The van der Waals surface area contributed by atoms with Crippen molar-refractivity contribution in [3.8, 4) is 45.1 Å². The van der Waals surface area contributed by atoms with Gasteiger partial charge in [0, 0.05) is 83.0 Å². The fraction of sp³-hybridized carbons (Fsp3) is 0.0769. The molecule has 6 heteroatoms. The molecular weight excluding hydrogens is 1020 g/mol. The van der Waals surface area contributed by atoms with E-state index in [-0.39, 0.29) is 18.0 Å². The summed E-state index contributed by atoms with van der Waals surface area (Å²) in [6, 6.07) is 78.8. The molecule has 0 saturated carbocycles. The number of anilines is 2. The Morgan fingerprint density at radius 3 is 1.95 bits per heavy atom. The number of para-hydroxylation sites is 3. The smallest absolute Gasteiger partial charge is 0.235 e. The summed E-state index contributed by atoms with van der Waals surface area (Å²) >= 11 is 0. The zero-order valence-corrected chi connectivity index (χ0v) is 46.6. The number of nitrogens with zero attached hydrogens (tertiary/aromatic N) is 6. The molecule has 0 fully saturated rings. The molecule has 0 bridgehead atoms. The van der Waals surface area contributed by atoms with E-state index in [9.17, 15) is 0 Å². The van der Waals surface area contributed by atoms with Crippen LogP contribution in [0.3, 0.4) is 0 Å². The van der Waals surface area contributed by atoms with Gasteiger partial charge in [-0.1, -0.05) is 188 Å². The third kappa shape index (κ3) is 7.36. The van der Waals surface area contributed by atoms with Crippen LogP contribution < -0.4 is 4.90 Å². The number of rotatable bonds is 8. The molecule has 4 aromatic heterocycles. The van der Waals surface area contributed by atoms with E-state index in [1.54, 1.807) is 0 Å². The second-order valence-corrected chi connectivity index (χ2v) is 22.8. The lowest BCUT2D eigenvalue weighted by Crippen LogP contribution is -2.28. The van der Waals surface area contributed by atoms with Crippen molar-refractivity contribution in [1.82, 2.24) is 23.7 Å². The monoisotopic (exact) mass is 1080 g/mol. The Balaban J connectivity index is 0.816. The van der Waals surface area contributed by atoms with E-state index in [0.717, 1.165) is 78.1 Å². The molecule has 398 valence electrons. The van der Waals surface area contributed by atoms with Crippen molar-refractivity contribution in [2.24, 2.45) is 0 Å². The molecule has 0 radical (unpaired) electrons. The molecule has 3 aliphatic rings. The molecule has 14 aromatic rings.